The fourth-order valence-electron chi connectivity index (χ4n) is 2.40. The van der Waals surface area contributed by atoms with Crippen LogP contribution in [0.15, 0.2) is 44.5 Å². The van der Waals surface area contributed by atoms with Gasteiger partial charge in [0.25, 0.3) is 0 Å². The van der Waals surface area contributed by atoms with E-state index in [-0.39, 0.29) is 10.7 Å². The van der Waals surface area contributed by atoms with Crippen LogP contribution in [0.2, 0.25) is 0 Å². The molecule has 1 fully saturated rings. The summed E-state index contributed by atoms with van der Waals surface area (Å²) in [7, 11) is -3.71. The molecule has 2 heterocycles. The fraction of sp³-hybridized carbons (Fsp3) is 0.308. The van der Waals surface area contributed by atoms with Crippen LogP contribution in [0, 0.1) is 0 Å². The summed E-state index contributed by atoms with van der Waals surface area (Å²) in [4.78, 5) is 2.13. The van der Waals surface area contributed by atoms with Gasteiger partial charge in [-0.25, -0.2) is 13.6 Å². The van der Waals surface area contributed by atoms with E-state index in [1.165, 1.54) is 12.1 Å². The molecule has 0 unspecified atom stereocenters. The predicted octanol–water partition coefficient (Wildman–Crippen LogP) is -0.118. The Bertz CT molecular complexity index is 790. The van der Waals surface area contributed by atoms with Gasteiger partial charge in [0.05, 0.1) is 10.6 Å². The summed E-state index contributed by atoms with van der Waals surface area (Å²) in [5.74, 6) is 0.911. The zero-order valence-corrected chi connectivity index (χ0v) is 13.1. The molecule has 2 aliphatic heterocycles. The first-order valence-corrected chi connectivity index (χ1v) is 8.63. The molecular weight excluding hydrogens is 318 g/mol. The molecule has 5 N–H and O–H groups in total. The van der Waals surface area contributed by atoms with Gasteiger partial charge in [-0.15, -0.1) is 10.2 Å². The van der Waals surface area contributed by atoms with E-state index >= 15 is 0 Å². The van der Waals surface area contributed by atoms with Gasteiger partial charge in [0.15, 0.2) is 17.4 Å². The van der Waals surface area contributed by atoms with Crippen LogP contribution in [0.4, 0.5) is 5.69 Å². The second-order valence-corrected chi connectivity index (χ2v) is 6.81. The molecule has 9 nitrogen and oxygen atoms in total. The molecule has 1 aromatic rings. The van der Waals surface area contributed by atoms with Gasteiger partial charge >= 0.3 is 0 Å². The fourth-order valence-corrected chi connectivity index (χ4v) is 2.91. The van der Waals surface area contributed by atoms with Crippen molar-refractivity contribution in [2.24, 2.45) is 26.2 Å². The van der Waals surface area contributed by atoms with Crippen LogP contribution < -0.4 is 16.3 Å². The van der Waals surface area contributed by atoms with Crippen molar-refractivity contribution >= 4 is 33.1 Å². The number of nitrogens with two attached hydrogens (primary N) is 2. The predicted molar refractivity (Wildman–Crippen MR) is 88.7 cm³/mol. The first-order valence-electron chi connectivity index (χ1n) is 7.08. The van der Waals surface area contributed by atoms with E-state index in [0.717, 1.165) is 25.9 Å². The number of hydrogen-bond donors (Lipinski definition) is 3. The highest BCUT2D eigenvalue weighted by Crippen LogP contribution is 2.15. The zero-order chi connectivity index (χ0) is 16.4. The van der Waals surface area contributed by atoms with Crippen LogP contribution in [-0.4, -0.2) is 43.8 Å². The summed E-state index contributed by atoms with van der Waals surface area (Å²) in [6, 6.07) is 5.94. The Hall–Kier alpha value is -2.46. The summed E-state index contributed by atoms with van der Waals surface area (Å²) < 4.78 is 22.4. The van der Waals surface area contributed by atoms with Crippen molar-refractivity contribution in [2.45, 2.75) is 17.7 Å². The monoisotopic (exact) mass is 335 g/mol. The van der Waals surface area contributed by atoms with Crippen LogP contribution in [-0.2, 0) is 10.0 Å². The normalized spacial score (nSPS) is 19.9. The van der Waals surface area contributed by atoms with Crippen molar-refractivity contribution < 1.29 is 8.42 Å². The van der Waals surface area contributed by atoms with Gasteiger partial charge < -0.3 is 10.6 Å². The molecule has 0 aromatic heterocycles. The summed E-state index contributed by atoms with van der Waals surface area (Å²) in [5, 5.41) is 17.3. The van der Waals surface area contributed by atoms with Crippen LogP contribution >= 0.6 is 0 Å². The van der Waals surface area contributed by atoms with Gasteiger partial charge in [0.2, 0.25) is 10.0 Å². The number of rotatable bonds is 3. The van der Waals surface area contributed by atoms with Crippen LogP contribution in [0.1, 0.15) is 12.8 Å². The molecule has 10 heteroatoms. The Kier molecular flexibility index (Phi) is 4.01. The molecule has 3 rings (SSSR count). The summed E-state index contributed by atoms with van der Waals surface area (Å²) in [5.41, 5.74) is 9.75. The minimum atomic E-state index is -3.71. The second-order valence-electron chi connectivity index (χ2n) is 5.24. The first-order chi connectivity index (χ1) is 10.9. The average molecular weight is 335 g/mol. The Balaban J connectivity index is 1.76. The maximum atomic E-state index is 11.2. The molecule has 0 bridgehead atoms. The molecule has 0 saturated carbocycles. The Morgan fingerprint density at radius 2 is 1.78 bits per heavy atom. The molecule has 0 aliphatic carbocycles. The number of amidine groups is 2. The highest BCUT2D eigenvalue weighted by molar-refractivity contribution is 7.89. The number of hydrogen-bond acceptors (Lipinski definition) is 8. The molecule has 1 aromatic carbocycles. The lowest BCUT2D eigenvalue weighted by atomic mass is 10.3. The number of sulfonamides is 1. The molecule has 122 valence electrons. The van der Waals surface area contributed by atoms with E-state index in [0.29, 0.717) is 17.2 Å². The quantitative estimate of drug-likeness (QED) is 0.661. The summed E-state index contributed by atoms with van der Waals surface area (Å²) >= 11 is 0. The van der Waals surface area contributed by atoms with Gasteiger partial charge in [0, 0.05) is 13.1 Å². The summed E-state index contributed by atoms with van der Waals surface area (Å²) in [6.45, 7) is 1.81. The van der Waals surface area contributed by atoms with E-state index in [2.05, 4.69) is 25.6 Å². The minimum Gasteiger partial charge on any atom is -0.380 e. The molecule has 0 radical (unpaired) electrons. The Morgan fingerprint density at radius 1 is 1.13 bits per heavy atom. The number of benzene rings is 1. The third kappa shape index (κ3) is 3.32. The molecule has 0 spiro atoms. The second kappa shape index (κ2) is 5.97. The van der Waals surface area contributed by atoms with Gasteiger partial charge in [-0.05, 0) is 37.1 Å². The van der Waals surface area contributed by atoms with E-state index in [1.807, 2.05) is 0 Å². The Labute approximate surface area is 133 Å². The highest BCUT2D eigenvalue weighted by Gasteiger charge is 2.27. The van der Waals surface area contributed by atoms with Gasteiger partial charge in [-0.2, -0.15) is 5.10 Å². The molecule has 2 aliphatic rings. The molecule has 0 atom stereocenters. The third-order valence-electron chi connectivity index (χ3n) is 3.59. The SMILES string of the molecule is NC1=NN=C(N2CCCC2)/C1=N\Nc1ccc(S(N)(=O)=O)cc1. The lowest BCUT2D eigenvalue weighted by Crippen LogP contribution is -2.38. The van der Waals surface area contributed by atoms with E-state index in [1.54, 1.807) is 12.1 Å². The summed E-state index contributed by atoms with van der Waals surface area (Å²) in [6.07, 6.45) is 2.21. The van der Waals surface area contributed by atoms with Crippen molar-refractivity contribution in [1.29, 1.82) is 0 Å². The van der Waals surface area contributed by atoms with Crippen LogP contribution in [0.3, 0.4) is 0 Å². The lowest BCUT2D eigenvalue weighted by molar-refractivity contribution is 0.525. The van der Waals surface area contributed by atoms with Crippen molar-refractivity contribution in [2.75, 3.05) is 18.5 Å². The lowest BCUT2D eigenvalue weighted by Gasteiger charge is -2.16. The van der Waals surface area contributed by atoms with Crippen molar-refractivity contribution in [3.05, 3.63) is 24.3 Å². The average Bonchev–Trinajstić information content (AvgIpc) is 3.14. The standard InChI is InChI=1S/C13H17N7O2S/c14-12-11(13(19-18-12)20-7-1-2-8-20)17-16-9-3-5-10(6-4-9)23(15,21)22/h3-6,16H,1-2,7-8H2,(H2,14,17,18)(H2,15,21,22). The van der Waals surface area contributed by atoms with E-state index in [9.17, 15) is 8.42 Å². The van der Waals surface area contributed by atoms with Crippen LogP contribution in [0.25, 0.3) is 0 Å². The molecular formula is C13H17N7O2S. The number of nitrogens with zero attached hydrogens (tertiary/aromatic N) is 4. The van der Waals surface area contributed by atoms with Crippen molar-refractivity contribution in [1.82, 2.24) is 4.90 Å². The van der Waals surface area contributed by atoms with Gasteiger partial charge in [0.1, 0.15) is 0 Å². The number of anilines is 1. The van der Waals surface area contributed by atoms with Gasteiger partial charge in [-0.3, -0.25) is 5.43 Å². The largest absolute Gasteiger partial charge is 0.380 e. The molecule has 1 saturated heterocycles. The minimum absolute atomic E-state index is 0.0389. The van der Waals surface area contributed by atoms with E-state index < -0.39 is 10.0 Å². The van der Waals surface area contributed by atoms with E-state index in [4.69, 9.17) is 10.9 Å². The van der Waals surface area contributed by atoms with Crippen molar-refractivity contribution in [3.8, 4) is 0 Å². The third-order valence-corrected chi connectivity index (χ3v) is 4.52. The number of nitrogens with one attached hydrogen (secondary N) is 1. The van der Waals surface area contributed by atoms with Crippen LogP contribution in [0.5, 0.6) is 0 Å². The molecule has 23 heavy (non-hydrogen) atoms. The first kappa shape index (κ1) is 15.4. The maximum Gasteiger partial charge on any atom is 0.238 e. The number of hydrazone groups is 1. The van der Waals surface area contributed by atoms with Gasteiger partial charge in [-0.1, -0.05) is 0 Å². The highest BCUT2D eigenvalue weighted by atomic mass is 32.2. The Morgan fingerprint density at radius 3 is 2.39 bits per heavy atom. The topological polar surface area (TPSA) is 139 Å². The van der Waals surface area contributed by atoms with Crippen molar-refractivity contribution in [3.63, 3.8) is 0 Å². The zero-order valence-electron chi connectivity index (χ0n) is 12.3. The maximum absolute atomic E-state index is 11.2. The molecule has 0 amide bonds. The number of primary sulfonamides is 1. The smallest absolute Gasteiger partial charge is 0.238 e. The number of likely N-dealkylation sites (tertiary alicyclic amines) is 1.